The van der Waals surface area contributed by atoms with Gasteiger partial charge in [0.2, 0.25) is 5.91 Å². The zero-order chi connectivity index (χ0) is 12.3. The van der Waals surface area contributed by atoms with E-state index in [-0.39, 0.29) is 0 Å². The lowest BCUT2D eigenvalue weighted by molar-refractivity contribution is -0.131. The van der Waals surface area contributed by atoms with Gasteiger partial charge in [0.1, 0.15) is 0 Å². The second-order valence-electron chi connectivity index (χ2n) is 3.33. The molecule has 0 spiro atoms. The van der Waals surface area contributed by atoms with Gasteiger partial charge in [0.25, 0.3) is 0 Å². The Morgan fingerprint density at radius 2 is 2.00 bits per heavy atom. The summed E-state index contributed by atoms with van der Waals surface area (Å²) in [6.45, 7) is 3.58. The van der Waals surface area contributed by atoms with E-state index in [1.807, 2.05) is 6.92 Å². The second-order valence-corrected chi connectivity index (χ2v) is 3.33. The number of hydrogen-bond acceptors (Lipinski definition) is 3. The fourth-order valence-corrected chi connectivity index (χ4v) is 1.27. The number of nitrogens with zero attached hydrogens (tertiary/aromatic N) is 2. The Bertz CT molecular complexity index is 460. The van der Waals surface area contributed by atoms with Crippen molar-refractivity contribution in [2.24, 2.45) is 7.05 Å². The minimum absolute atomic E-state index is 0.485. The maximum atomic E-state index is 11.3. The molecule has 86 valence electrons. The average Bonchev–Trinajstić information content (AvgIpc) is 2.42. The highest BCUT2D eigenvalue weighted by atomic mass is 16.4. The number of hydrogen-bond donors (Lipinski definition) is 2. The number of carboxylic acids is 1. The molecular weight excluding hydrogens is 210 g/mol. The fourth-order valence-electron chi connectivity index (χ4n) is 1.27. The van der Waals surface area contributed by atoms with Crippen LogP contribution >= 0.6 is 0 Å². The smallest absolute Gasteiger partial charge is 0.328 e. The molecule has 0 unspecified atom stereocenters. The van der Waals surface area contributed by atoms with E-state index < -0.39 is 11.9 Å². The number of carbonyl (C=O) groups excluding carboxylic acids is 1. The van der Waals surface area contributed by atoms with Crippen LogP contribution in [0.4, 0.5) is 5.69 Å². The summed E-state index contributed by atoms with van der Waals surface area (Å²) in [6.07, 6.45) is 1.75. The molecule has 0 saturated carbocycles. The molecule has 1 heterocycles. The van der Waals surface area contributed by atoms with Gasteiger partial charge in [-0.1, -0.05) is 0 Å². The molecule has 2 N–H and O–H groups in total. The van der Waals surface area contributed by atoms with Gasteiger partial charge in [-0.15, -0.1) is 0 Å². The highest BCUT2D eigenvalue weighted by Crippen LogP contribution is 2.17. The molecular formula is C10H13N3O3. The van der Waals surface area contributed by atoms with Crippen LogP contribution in [0.25, 0.3) is 0 Å². The molecule has 16 heavy (non-hydrogen) atoms. The summed E-state index contributed by atoms with van der Waals surface area (Å²) < 4.78 is 1.64. The molecule has 0 fully saturated rings. The largest absolute Gasteiger partial charge is 0.478 e. The molecule has 0 radical (unpaired) electrons. The van der Waals surface area contributed by atoms with E-state index in [4.69, 9.17) is 5.11 Å². The second kappa shape index (κ2) is 4.61. The van der Waals surface area contributed by atoms with E-state index in [1.54, 1.807) is 18.7 Å². The first kappa shape index (κ1) is 12.0. The van der Waals surface area contributed by atoms with Gasteiger partial charge in [0.05, 0.1) is 17.1 Å². The first-order valence-electron chi connectivity index (χ1n) is 4.64. The molecule has 0 atom stereocenters. The van der Waals surface area contributed by atoms with Crippen LogP contribution in [0, 0.1) is 13.8 Å². The van der Waals surface area contributed by atoms with Crippen molar-refractivity contribution in [2.45, 2.75) is 13.8 Å². The average molecular weight is 223 g/mol. The van der Waals surface area contributed by atoms with E-state index in [9.17, 15) is 9.59 Å². The van der Waals surface area contributed by atoms with Crippen LogP contribution in [0.15, 0.2) is 12.2 Å². The molecule has 6 heteroatoms. The van der Waals surface area contributed by atoms with Gasteiger partial charge in [-0.05, 0) is 13.8 Å². The molecule has 0 aliphatic carbocycles. The molecule has 1 amide bonds. The number of anilines is 1. The lowest BCUT2D eigenvalue weighted by atomic mass is 10.3. The number of carboxylic acid groups (broad SMARTS) is 1. The Morgan fingerprint density at radius 1 is 1.38 bits per heavy atom. The first-order valence-corrected chi connectivity index (χ1v) is 4.64. The number of aromatic nitrogens is 2. The number of amides is 1. The monoisotopic (exact) mass is 223 g/mol. The minimum atomic E-state index is -1.16. The molecule has 0 aliphatic rings. The van der Waals surface area contributed by atoms with Crippen LogP contribution in [0.2, 0.25) is 0 Å². The van der Waals surface area contributed by atoms with E-state index in [2.05, 4.69) is 10.4 Å². The molecule has 0 aliphatic heterocycles. The summed E-state index contributed by atoms with van der Waals surface area (Å²) in [7, 11) is 1.77. The summed E-state index contributed by atoms with van der Waals surface area (Å²) >= 11 is 0. The highest BCUT2D eigenvalue weighted by Gasteiger charge is 2.10. The third-order valence-corrected chi connectivity index (χ3v) is 2.13. The predicted octanol–water partition coefficient (Wildman–Crippen LogP) is 0.616. The van der Waals surface area contributed by atoms with Crippen molar-refractivity contribution in [2.75, 3.05) is 5.32 Å². The lowest BCUT2D eigenvalue weighted by Crippen LogP contribution is -2.10. The number of aliphatic carboxylic acids is 1. The Morgan fingerprint density at radius 3 is 2.44 bits per heavy atom. The summed E-state index contributed by atoms with van der Waals surface area (Å²) in [5.74, 6) is -1.64. The van der Waals surface area contributed by atoms with Gasteiger partial charge < -0.3 is 10.4 Å². The third kappa shape index (κ3) is 2.69. The summed E-state index contributed by atoms with van der Waals surface area (Å²) in [5, 5.41) is 15.1. The standard InChI is InChI=1S/C10H13N3O3/c1-6-10(7(2)13(3)12-6)11-8(14)4-5-9(15)16/h4-5H,1-3H3,(H,11,14)(H,15,16)/b5-4+. The number of rotatable bonds is 3. The van der Waals surface area contributed by atoms with Crippen molar-refractivity contribution in [3.8, 4) is 0 Å². The van der Waals surface area contributed by atoms with Gasteiger partial charge in [0, 0.05) is 19.2 Å². The van der Waals surface area contributed by atoms with Gasteiger partial charge in [-0.2, -0.15) is 5.10 Å². The number of carbonyl (C=O) groups is 2. The van der Waals surface area contributed by atoms with Gasteiger partial charge >= 0.3 is 5.97 Å². The maximum absolute atomic E-state index is 11.3. The first-order chi connectivity index (χ1) is 7.41. The van der Waals surface area contributed by atoms with Crippen molar-refractivity contribution < 1.29 is 14.7 Å². The zero-order valence-corrected chi connectivity index (χ0v) is 9.31. The van der Waals surface area contributed by atoms with E-state index in [0.29, 0.717) is 11.4 Å². The van der Waals surface area contributed by atoms with Gasteiger partial charge in [0.15, 0.2) is 0 Å². The van der Waals surface area contributed by atoms with E-state index in [1.165, 1.54) is 0 Å². The third-order valence-electron chi connectivity index (χ3n) is 2.13. The summed E-state index contributed by atoms with van der Waals surface area (Å²) in [6, 6.07) is 0. The molecule has 1 aromatic rings. The van der Waals surface area contributed by atoms with Crippen molar-refractivity contribution in [3.05, 3.63) is 23.5 Å². The molecule has 0 bridgehead atoms. The van der Waals surface area contributed by atoms with Crippen LogP contribution in [0.1, 0.15) is 11.4 Å². The van der Waals surface area contributed by atoms with Crippen LogP contribution < -0.4 is 5.32 Å². The van der Waals surface area contributed by atoms with Crippen LogP contribution in [-0.4, -0.2) is 26.8 Å². The summed E-state index contributed by atoms with van der Waals surface area (Å²) in [5.41, 5.74) is 2.12. The quantitative estimate of drug-likeness (QED) is 0.735. The SMILES string of the molecule is Cc1nn(C)c(C)c1NC(=O)/C=C/C(=O)O. The van der Waals surface area contributed by atoms with Crippen molar-refractivity contribution in [1.82, 2.24) is 9.78 Å². The predicted molar refractivity (Wildman–Crippen MR) is 58.1 cm³/mol. The normalized spacial score (nSPS) is 10.7. The van der Waals surface area contributed by atoms with Crippen LogP contribution in [0.5, 0.6) is 0 Å². The molecule has 0 saturated heterocycles. The van der Waals surface area contributed by atoms with Crippen molar-refractivity contribution in [3.63, 3.8) is 0 Å². The Balaban J connectivity index is 2.81. The fraction of sp³-hybridized carbons (Fsp3) is 0.300. The molecule has 0 aromatic carbocycles. The van der Waals surface area contributed by atoms with Gasteiger partial charge in [-0.3, -0.25) is 9.48 Å². The lowest BCUT2D eigenvalue weighted by Gasteiger charge is -2.01. The van der Waals surface area contributed by atoms with Crippen molar-refractivity contribution in [1.29, 1.82) is 0 Å². The zero-order valence-electron chi connectivity index (χ0n) is 9.31. The summed E-state index contributed by atoms with van der Waals surface area (Å²) in [4.78, 5) is 21.5. The van der Waals surface area contributed by atoms with Crippen LogP contribution in [-0.2, 0) is 16.6 Å². The molecule has 1 aromatic heterocycles. The molecule has 6 nitrogen and oxygen atoms in total. The highest BCUT2D eigenvalue weighted by molar-refractivity contribution is 6.02. The Hall–Kier alpha value is -2.11. The Labute approximate surface area is 92.6 Å². The topological polar surface area (TPSA) is 84.2 Å². The van der Waals surface area contributed by atoms with Crippen molar-refractivity contribution >= 4 is 17.6 Å². The van der Waals surface area contributed by atoms with E-state index >= 15 is 0 Å². The molecule has 1 rings (SSSR count). The minimum Gasteiger partial charge on any atom is -0.478 e. The Kier molecular flexibility index (Phi) is 3.44. The maximum Gasteiger partial charge on any atom is 0.328 e. The van der Waals surface area contributed by atoms with Crippen LogP contribution in [0.3, 0.4) is 0 Å². The number of aryl methyl sites for hydroxylation is 2. The van der Waals surface area contributed by atoms with Gasteiger partial charge in [-0.25, -0.2) is 4.79 Å². The number of nitrogens with one attached hydrogen (secondary N) is 1. The van der Waals surface area contributed by atoms with E-state index in [0.717, 1.165) is 17.8 Å².